The van der Waals surface area contributed by atoms with E-state index in [2.05, 4.69) is 10.6 Å². The maximum Gasteiger partial charge on any atom is 0.407 e. The standard InChI is InChI=1S/C26H30N2O7/c1-26(2)34-22-21(28-25(30)32-17-19-12-7-4-8-13-19)20(33-23(22)35-26)14-9-15-27-24(29)31-16-18-10-5-3-6-11-18/h3-14,20-23H,15-17H2,1-2H3,(H,27,29)(H,28,30)/b14-9-/t20-,21+,22-,23-/m1/s1. The summed E-state index contributed by atoms with van der Waals surface area (Å²) in [7, 11) is 0. The normalized spacial score (nSPS) is 24.6. The maximum atomic E-state index is 12.5. The third-order valence-electron chi connectivity index (χ3n) is 5.49. The highest BCUT2D eigenvalue weighted by atomic mass is 16.8. The Kier molecular flexibility index (Phi) is 8.02. The third kappa shape index (κ3) is 7.05. The Labute approximate surface area is 204 Å². The summed E-state index contributed by atoms with van der Waals surface area (Å²) in [5.41, 5.74) is 1.78. The van der Waals surface area contributed by atoms with Crippen molar-refractivity contribution >= 4 is 12.2 Å². The van der Waals surface area contributed by atoms with Crippen LogP contribution in [0.25, 0.3) is 0 Å². The minimum Gasteiger partial charge on any atom is -0.445 e. The minimum atomic E-state index is -0.831. The molecule has 0 unspecified atom stereocenters. The van der Waals surface area contributed by atoms with Gasteiger partial charge in [-0.2, -0.15) is 0 Å². The minimum absolute atomic E-state index is 0.146. The summed E-state index contributed by atoms with van der Waals surface area (Å²) in [6.45, 7) is 4.13. The zero-order valence-electron chi connectivity index (χ0n) is 19.7. The van der Waals surface area contributed by atoms with Gasteiger partial charge in [-0.05, 0) is 25.0 Å². The smallest absolute Gasteiger partial charge is 0.407 e. The van der Waals surface area contributed by atoms with Gasteiger partial charge in [0.05, 0.1) is 6.04 Å². The molecule has 0 aromatic heterocycles. The van der Waals surface area contributed by atoms with E-state index in [4.69, 9.17) is 23.7 Å². The summed E-state index contributed by atoms with van der Waals surface area (Å²) >= 11 is 0. The van der Waals surface area contributed by atoms with Gasteiger partial charge >= 0.3 is 12.2 Å². The number of nitrogens with one attached hydrogen (secondary N) is 2. The molecule has 0 radical (unpaired) electrons. The molecule has 2 amide bonds. The highest BCUT2D eigenvalue weighted by Gasteiger charge is 2.54. The Morgan fingerprint density at radius 3 is 2.14 bits per heavy atom. The first kappa shape index (κ1) is 24.7. The maximum absolute atomic E-state index is 12.5. The van der Waals surface area contributed by atoms with Crippen molar-refractivity contribution in [2.75, 3.05) is 6.54 Å². The molecule has 2 aromatic carbocycles. The lowest BCUT2D eigenvalue weighted by molar-refractivity contribution is -0.202. The van der Waals surface area contributed by atoms with Gasteiger partial charge in [0.2, 0.25) is 0 Å². The molecule has 2 aromatic rings. The molecule has 9 nitrogen and oxygen atoms in total. The van der Waals surface area contributed by atoms with Crippen LogP contribution in [0.1, 0.15) is 25.0 Å². The fourth-order valence-electron chi connectivity index (χ4n) is 3.88. The van der Waals surface area contributed by atoms with Crippen LogP contribution in [0.5, 0.6) is 0 Å². The fourth-order valence-corrected chi connectivity index (χ4v) is 3.88. The molecular formula is C26H30N2O7. The van der Waals surface area contributed by atoms with Crippen molar-refractivity contribution in [1.29, 1.82) is 0 Å². The predicted octanol–water partition coefficient (Wildman–Crippen LogP) is 3.64. The molecular weight excluding hydrogens is 452 g/mol. The number of rotatable bonds is 8. The first-order valence-electron chi connectivity index (χ1n) is 11.5. The summed E-state index contributed by atoms with van der Waals surface area (Å²) in [6.07, 6.45) is 0.679. The van der Waals surface area contributed by atoms with Gasteiger partial charge in [-0.15, -0.1) is 0 Å². The van der Waals surface area contributed by atoms with E-state index >= 15 is 0 Å². The molecule has 0 bridgehead atoms. The molecule has 9 heteroatoms. The SMILES string of the molecule is CC1(C)O[C@H]2O[C@H](/C=C\CNC(=O)OCc3ccccc3)[C@H](NC(=O)OCc3ccccc3)[C@H]2O1. The van der Waals surface area contributed by atoms with Crippen molar-refractivity contribution in [3.63, 3.8) is 0 Å². The van der Waals surface area contributed by atoms with Crippen LogP contribution in [0.4, 0.5) is 9.59 Å². The average Bonchev–Trinajstić information content (AvgIpc) is 3.32. The molecule has 186 valence electrons. The Balaban J connectivity index is 1.28. The van der Waals surface area contributed by atoms with E-state index in [1.807, 2.05) is 60.7 Å². The molecule has 2 saturated heterocycles. The fraction of sp³-hybridized carbons (Fsp3) is 0.385. The number of ether oxygens (including phenoxy) is 5. The third-order valence-corrected chi connectivity index (χ3v) is 5.49. The van der Waals surface area contributed by atoms with Crippen LogP contribution in [0.3, 0.4) is 0 Å². The quantitative estimate of drug-likeness (QED) is 0.554. The van der Waals surface area contributed by atoms with Crippen LogP contribution in [-0.2, 0) is 36.9 Å². The highest BCUT2D eigenvalue weighted by molar-refractivity contribution is 5.68. The molecule has 2 heterocycles. The second-order valence-corrected chi connectivity index (χ2v) is 8.67. The predicted molar refractivity (Wildman–Crippen MR) is 126 cm³/mol. The van der Waals surface area contributed by atoms with Crippen molar-refractivity contribution < 1.29 is 33.3 Å². The molecule has 0 aliphatic carbocycles. The molecule has 2 fully saturated rings. The van der Waals surface area contributed by atoms with E-state index in [0.29, 0.717) is 0 Å². The zero-order valence-corrected chi connectivity index (χ0v) is 19.7. The number of hydrogen-bond acceptors (Lipinski definition) is 7. The van der Waals surface area contributed by atoms with Gasteiger partial charge in [-0.1, -0.05) is 72.8 Å². The second-order valence-electron chi connectivity index (χ2n) is 8.67. The van der Waals surface area contributed by atoms with Gasteiger partial charge in [-0.25, -0.2) is 9.59 Å². The number of alkyl carbamates (subject to hydrolysis) is 2. The molecule has 0 saturated carbocycles. The van der Waals surface area contributed by atoms with E-state index in [9.17, 15) is 9.59 Å². The van der Waals surface area contributed by atoms with Gasteiger partial charge in [0.15, 0.2) is 12.1 Å². The molecule has 0 spiro atoms. The van der Waals surface area contributed by atoms with Gasteiger partial charge in [0, 0.05) is 6.54 Å². The number of fused-ring (bicyclic) bond motifs is 1. The van der Waals surface area contributed by atoms with Crippen LogP contribution < -0.4 is 10.6 Å². The van der Waals surface area contributed by atoms with Crippen molar-refractivity contribution in [2.45, 2.75) is 57.4 Å². The summed E-state index contributed by atoms with van der Waals surface area (Å²) in [5, 5.41) is 5.50. The lowest BCUT2D eigenvalue weighted by Gasteiger charge is -2.25. The average molecular weight is 483 g/mol. The lowest BCUT2D eigenvalue weighted by atomic mass is 10.1. The number of amides is 2. The molecule has 35 heavy (non-hydrogen) atoms. The number of carbonyl (C=O) groups is 2. The van der Waals surface area contributed by atoms with E-state index in [-0.39, 0.29) is 19.8 Å². The molecule has 2 aliphatic heterocycles. The van der Waals surface area contributed by atoms with Gasteiger partial charge in [0.25, 0.3) is 0 Å². The monoisotopic (exact) mass is 482 g/mol. The largest absolute Gasteiger partial charge is 0.445 e. The molecule has 2 N–H and O–H groups in total. The van der Waals surface area contributed by atoms with Gasteiger partial charge < -0.3 is 34.3 Å². The Morgan fingerprint density at radius 2 is 1.51 bits per heavy atom. The van der Waals surface area contributed by atoms with E-state index in [1.165, 1.54) is 0 Å². The lowest BCUT2D eigenvalue weighted by Crippen LogP contribution is -2.48. The first-order valence-corrected chi connectivity index (χ1v) is 11.5. The Hall–Kier alpha value is -3.40. The van der Waals surface area contributed by atoms with Crippen molar-refractivity contribution in [3.8, 4) is 0 Å². The van der Waals surface area contributed by atoms with Crippen LogP contribution in [0.2, 0.25) is 0 Å². The van der Waals surface area contributed by atoms with Crippen LogP contribution in [-0.4, -0.2) is 49.1 Å². The Bertz CT molecular complexity index is 1010. The van der Waals surface area contributed by atoms with Crippen molar-refractivity contribution in [2.24, 2.45) is 0 Å². The molecule has 4 atom stereocenters. The summed E-state index contributed by atoms with van der Waals surface area (Å²) in [5.74, 6) is -0.831. The summed E-state index contributed by atoms with van der Waals surface area (Å²) < 4.78 is 28.3. The van der Waals surface area contributed by atoms with E-state index in [1.54, 1.807) is 26.0 Å². The van der Waals surface area contributed by atoms with Crippen LogP contribution >= 0.6 is 0 Å². The topological polar surface area (TPSA) is 104 Å². The zero-order chi connectivity index (χ0) is 24.7. The van der Waals surface area contributed by atoms with E-state index < -0.39 is 42.5 Å². The Morgan fingerprint density at radius 1 is 0.914 bits per heavy atom. The van der Waals surface area contributed by atoms with Crippen LogP contribution in [0.15, 0.2) is 72.8 Å². The van der Waals surface area contributed by atoms with Crippen LogP contribution in [0, 0.1) is 0 Å². The second kappa shape index (κ2) is 11.4. The summed E-state index contributed by atoms with van der Waals surface area (Å²) in [6, 6.07) is 18.3. The van der Waals surface area contributed by atoms with Crippen molar-refractivity contribution in [1.82, 2.24) is 10.6 Å². The number of carbonyl (C=O) groups excluding carboxylic acids is 2. The first-order chi connectivity index (χ1) is 16.9. The summed E-state index contributed by atoms with van der Waals surface area (Å²) in [4.78, 5) is 24.4. The molecule has 4 rings (SSSR count). The van der Waals surface area contributed by atoms with Gasteiger partial charge in [0.1, 0.15) is 25.4 Å². The number of benzene rings is 2. The number of hydrogen-bond donors (Lipinski definition) is 2. The van der Waals surface area contributed by atoms with Crippen molar-refractivity contribution in [3.05, 3.63) is 83.9 Å². The highest BCUT2D eigenvalue weighted by Crippen LogP contribution is 2.37. The van der Waals surface area contributed by atoms with E-state index in [0.717, 1.165) is 11.1 Å². The molecule has 2 aliphatic rings. The van der Waals surface area contributed by atoms with Gasteiger partial charge in [-0.3, -0.25) is 0 Å².